The van der Waals surface area contributed by atoms with E-state index in [1.54, 1.807) is 30.3 Å². The molecule has 2 rings (SSSR count). The van der Waals surface area contributed by atoms with E-state index < -0.39 is 0 Å². The highest BCUT2D eigenvalue weighted by molar-refractivity contribution is 9.10. The summed E-state index contributed by atoms with van der Waals surface area (Å²) in [6.45, 7) is 5.50. The Bertz CT molecular complexity index is 822. The molecule has 2 amide bonds. The Balaban J connectivity index is 1.99. The molecule has 2 N–H and O–H groups in total. The third-order valence-electron chi connectivity index (χ3n) is 4.66. The topological polar surface area (TPSA) is 67.4 Å². The fraction of sp³-hybridized carbons (Fsp3) is 0.417. The molecule has 0 radical (unpaired) electrons. The minimum Gasteiger partial charge on any atom is -0.493 e. The lowest BCUT2D eigenvalue weighted by molar-refractivity contribution is 0.0952. The first-order valence-electron chi connectivity index (χ1n) is 10.7. The number of carbonyl (C=O) groups excluding carboxylic acids is 2. The Labute approximate surface area is 187 Å². The van der Waals surface area contributed by atoms with E-state index in [4.69, 9.17) is 4.74 Å². The summed E-state index contributed by atoms with van der Waals surface area (Å²) < 4.78 is 6.67. The van der Waals surface area contributed by atoms with Crippen molar-refractivity contribution in [1.29, 1.82) is 0 Å². The van der Waals surface area contributed by atoms with Crippen LogP contribution in [0.4, 0.5) is 5.69 Å². The van der Waals surface area contributed by atoms with Gasteiger partial charge in [-0.2, -0.15) is 0 Å². The van der Waals surface area contributed by atoms with Gasteiger partial charge in [0.15, 0.2) is 0 Å². The number of rotatable bonds is 12. The SMILES string of the molecule is CCCCCCOc1ccc(Br)cc1C(=O)Nc1ccc(C(=O)NCCCC)cc1. The smallest absolute Gasteiger partial charge is 0.259 e. The summed E-state index contributed by atoms with van der Waals surface area (Å²) in [6, 6.07) is 12.3. The van der Waals surface area contributed by atoms with Crippen molar-refractivity contribution >= 4 is 33.4 Å². The summed E-state index contributed by atoms with van der Waals surface area (Å²) in [5.41, 5.74) is 1.67. The van der Waals surface area contributed by atoms with Crippen LogP contribution in [0.15, 0.2) is 46.9 Å². The van der Waals surface area contributed by atoms with E-state index in [9.17, 15) is 9.59 Å². The Morgan fingerprint density at radius 1 is 0.900 bits per heavy atom. The molecule has 0 atom stereocenters. The van der Waals surface area contributed by atoms with Gasteiger partial charge in [0, 0.05) is 22.3 Å². The van der Waals surface area contributed by atoms with Crippen LogP contribution in [0, 0.1) is 0 Å². The number of hydrogen-bond acceptors (Lipinski definition) is 3. The maximum absolute atomic E-state index is 12.8. The number of anilines is 1. The lowest BCUT2D eigenvalue weighted by Crippen LogP contribution is -2.24. The molecule has 2 aromatic carbocycles. The Morgan fingerprint density at radius 3 is 2.33 bits per heavy atom. The molecule has 0 unspecified atom stereocenters. The van der Waals surface area contributed by atoms with Crippen LogP contribution in [0.2, 0.25) is 0 Å². The molecular formula is C24H31BrN2O3. The molecule has 0 aliphatic carbocycles. The minimum atomic E-state index is -0.250. The molecule has 0 aromatic heterocycles. The number of unbranched alkanes of at least 4 members (excludes halogenated alkanes) is 4. The maximum Gasteiger partial charge on any atom is 0.259 e. The monoisotopic (exact) mass is 474 g/mol. The quantitative estimate of drug-likeness (QED) is 0.360. The van der Waals surface area contributed by atoms with Crippen LogP contribution in [0.1, 0.15) is 73.1 Å². The summed E-state index contributed by atoms with van der Waals surface area (Å²) in [6.07, 6.45) is 6.43. The van der Waals surface area contributed by atoms with Crippen molar-refractivity contribution in [3.8, 4) is 5.75 Å². The number of ether oxygens (including phenoxy) is 1. The molecule has 0 spiro atoms. The van der Waals surface area contributed by atoms with Gasteiger partial charge in [-0.1, -0.05) is 55.5 Å². The highest BCUT2D eigenvalue weighted by Gasteiger charge is 2.14. The molecule has 162 valence electrons. The first-order chi connectivity index (χ1) is 14.5. The van der Waals surface area contributed by atoms with Gasteiger partial charge in [0.2, 0.25) is 0 Å². The summed E-state index contributed by atoms with van der Waals surface area (Å²) in [5.74, 6) is 0.214. The Kier molecular flexibility index (Phi) is 10.4. The van der Waals surface area contributed by atoms with Crippen LogP contribution in [-0.4, -0.2) is 25.0 Å². The summed E-state index contributed by atoms with van der Waals surface area (Å²) >= 11 is 3.42. The van der Waals surface area contributed by atoms with Gasteiger partial charge in [0.25, 0.3) is 11.8 Å². The van der Waals surface area contributed by atoms with Gasteiger partial charge < -0.3 is 15.4 Å². The van der Waals surface area contributed by atoms with Crippen molar-refractivity contribution in [2.75, 3.05) is 18.5 Å². The molecule has 0 aliphatic heterocycles. The lowest BCUT2D eigenvalue weighted by Gasteiger charge is -2.13. The molecule has 0 fully saturated rings. The van der Waals surface area contributed by atoms with Crippen molar-refractivity contribution < 1.29 is 14.3 Å². The van der Waals surface area contributed by atoms with E-state index in [2.05, 4.69) is 40.4 Å². The average Bonchev–Trinajstić information content (AvgIpc) is 2.75. The lowest BCUT2D eigenvalue weighted by atomic mass is 10.1. The first-order valence-corrected chi connectivity index (χ1v) is 11.5. The van der Waals surface area contributed by atoms with Crippen molar-refractivity contribution in [2.24, 2.45) is 0 Å². The van der Waals surface area contributed by atoms with Crippen LogP contribution in [0.25, 0.3) is 0 Å². The van der Waals surface area contributed by atoms with Crippen LogP contribution in [-0.2, 0) is 0 Å². The molecule has 2 aromatic rings. The van der Waals surface area contributed by atoms with Crippen LogP contribution < -0.4 is 15.4 Å². The van der Waals surface area contributed by atoms with E-state index in [1.165, 1.54) is 12.8 Å². The average molecular weight is 475 g/mol. The fourth-order valence-electron chi connectivity index (χ4n) is 2.90. The third kappa shape index (κ3) is 7.82. The van der Waals surface area contributed by atoms with Gasteiger partial charge in [-0.25, -0.2) is 0 Å². The van der Waals surface area contributed by atoms with Crippen LogP contribution in [0.5, 0.6) is 5.75 Å². The second kappa shape index (κ2) is 13.1. The number of halogens is 1. The normalized spacial score (nSPS) is 10.5. The molecular weight excluding hydrogens is 444 g/mol. The van der Waals surface area contributed by atoms with Crippen LogP contribution >= 0.6 is 15.9 Å². The first kappa shape index (κ1) is 23.9. The Hall–Kier alpha value is -2.34. The molecule has 5 nitrogen and oxygen atoms in total. The molecule has 0 saturated heterocycles. The number of carbonyl (C=O) groups is 2. The summed E-state index contributed by atoms with van der Waals surface area (Å²) in [5, 5.41) is 5.77. The number of amides is 2. The van der Waals surface area contributed by atoms with E-state index in [0.29, 0.717) is 35.7 Å². The maximum atomic E-state index is 12.8. The van der Waals surface area contributed by atoms with E-state index in [1.807, 2.05) is 12.1 Å². The Morgan fingerprint density at radius 2 is 1.63 bits per heavy atom. The van der Waals surface area contributed by atoms with Gasteiger partial charge in [0.1, 0.15) is 5.75 Å². The summed E-state index contributed by atoms with van der Waals surface area (Å²) in [4.78, 5) is 24.9. The van der Waals surface area contributed by atoms with Crippen molar-refractivity contribution in [3.05, 3.63) is 58.1 Å². The molecule has 30 heavy (non-hydrogen) atoms. The van der Waals surface area contributed by atoms with Gasteiger partial charge in [-0.15, -0.1) is 0 Å². The zero-order valence-electron chi connectivity index (χ0n) is 17.8. The molecule has 6 heteroatoms. The largest absolute Gasteiger partial charge is 0.493 e. The molecule has 0 saturated carbocycles. The highest BCUT2D eigenvalue weighted by Crippen LogP contribution is 2.25. The van der Waals surface area contributed by atoms with Crippen molar-refractivity contribution in [3.63, 3.8) is 0 Å². The zero-order chi connectivity index (χ0) is 21.8. The van der Waals surface area contributed by atoms with Crippen molar-refractivity contribution in [1.82, 2.24) is 5.32 Å². The van der Waals surface area contributed by atoms with Gasteiger partial charge in [-0.05, 0) is 55.3 Å². The predicted octanol–water partition coefficient (Wildman–Crippen LogP) is 6.19. The number of benzene rings is 2. The zero-order valence-corrected chi connectivity index (χ0v) is 19.4. The number of hydrogen-bond donors (Lipinski definition) is 2. The molecule has 0 heterocycles. The standard InChI is InChI=1S/C24H31BrN2O3/c1-3-5-7-8-16-30-22-14-11-19(25)17-21(22)24(29)27-20-12-9-18(10-13-20)23(28)26-15-6-4-2/h9-14,17H,3-8,15-16H2,1-2H3,(H,26,28)(H,27,29). The van der Waals surface area contributed by atoms with Gasteiger partial charge >= 0.3 is 0 Å². The van der Waals surface area contributed by atoms with E-state index in [0.717, 1.165) is 30.2 Å². The van der Waals surface area contributed by atoms with E-state index >= 15 is 0 Å². The highest BCUT2D eigenvalue weighted by atomic mass is 79.9. The third-order valence-corrected chi connectivity index (χ3v) is 5.16. The summed E-state index contributed by atoms with van der Waals surface area (Å²) in [7, 11) is 0. The second-order valence-corrected chi connectivity index (χ2v) is 8.11. The van der Waals surface area contributed by atoms with Gasteiger partial charge in [-0.3, -0.25) is 9.59 Å². The molecule has 0 aliphatic rings. The van der Waals surface area contributed by atoms with Crippen LogP contribution in [0.3, 0.4) is 0 Å². The predicted molar refractivity (Wildman–Crippen MR) is 125 cm³/mol. The van der Waals surface area contributed by atoms with Gasteiger partial charge in [0.05, 0.1) is 12.2 Å². The van der Waals surface area contributed by atoms with Crippen molar-refractivity contribution in [2.45, 2.75) is 52.4 Å². The second-order valence-electron chi connectivity index (χ2n) is 7.19. The fourth-order valence-corrected chi connectivity index (χ4v) is 3.26. The number of nitrogens with one attached hydrogen (secondary N) is 2. The minimum absolute atomic E-state index is 0.105. The van der Waals surface area contributed by atoms with E-state index in [-0.39, 0.29) is 11.8 Å². The molecule has 0 bridgehead atoms.